The van der Waals surface area contributed by atoms with Crippen LogP contribution in [-0.2, 0) is 11.2 Å². The SMILES string of the molecule is CN1[C@@H]([C@H](Cc2ccccc2)NC(=O)Nc2ccccc2)CC(=O)N1C(=O)Nc1ccccc1. The van der Waals surface area contributed by atoms with Gasteiger partial charge in [0.05, 0.1) is 12.1 Å². The van der Waals surface area contributed by atoms with Crippen molar-refractivity contribution in [1.82, 2.24) is 15.3 Å². The van der Waals surface area contributed by atoms with Gasteiger partial charge in [-0.1, -0.05) is 66.7 Å². The van der Waals surface area contributed by atoms with Crippen molar-refractivity contribution in [2.24, 2.45) is 0 Å². The van der Waals surface area contributed by atoms with E-state index in [-0.39, 0.29) is 18.4 Å². The van der Waals surface area contributed by atoms with Crippen molar-refractivity contribution in [3.8, 4) is 0 Å². The van der Waals surface area contributed by atoms with Gasteiger partial charge in [-0.05, 0) is 36.2 Å². The Kier molecular flexibility index (Phi) is 7.19. The first-order valence-electron chi connectivity index (χ1n) is 11.1. The number of likely N-dealkylation sites (N-methyl/N-ethyl adjacent to an activating group) is 1. The molecule has 3 aromatic rings. The van der Waals surface area contributed by atoms with Gasteiger partial charge in [-0.3, -0.25) is 4.79 Å². The monoisotopic (exact) mass is 457 g/mol. The molecule has 5 amide bonds. The highest BCUT2D eigenvalue weighted by molar-refractivity contribution is 6.02. The summed E-state index contributed by atoms with van der Waals surface area (Å²) in [7, 11) is 1.69. The quantitative estimate of drug-likeness (QED) is 0.520. The van der Waals surface area contributed by atoms with E-state index in [2.05, 4.69) is 16.0 Å². The second-order valence-corrected chi connectivity index (χ2v) is 8.11. The zero-order chi connectivity index (χ0) is 23.9. The van der Waals surface area contributed by atoms with Gasteiger partial charge in [-0.15, -0.1) is 0 Å². The Labute approximate surface area is 198 Å². The summed E-state index contributed by atoms with van der Waals surface area (Å²) in [6.07, 6.45) is 0.599. The molecule has 0 saturated carbocycles. The number of hydrogen-bond donors (Lipinski definition) is 3. The normalized spacial score (nSPS) is 16.7. The second-order valence-electron chi connectivity index (χ2n) is 8.11. The fraction of sp³-hybridized carbons (Fsp3) is 0.192. The molecule has 8 heteroatoms. The first-order chi connectivity index (χ1) is 16.5. The summed E-state index contributed by atoms with van der Waals surface area (Å²) in [5, 5.41) is 11.3. The van der Waals surface area contributed by atoms with Crippen LogP contribution in [0.2, 0.25) is 0 Å². The fourth-order valence-corrected chi connectivity index (χ4v) is 4.09. The molecule has 0 aromatic heterocycles. The molecule has 1 aliphatic heterocycles. The Morgan fingerprint density at radius 1 is 0.853 bits per heavy atom. The molecule has 34 heavy (non-hydrogen) atoms. The summed E-state index contributed by atoms with van der Waals surface area (Å²) in [4.78, 5) is 38.5. The van der Waals surface area contributed by atoms with E-state index in [9.17, 15) is 14.4 Å². The van der Waals surface area contributed by atoms with E-state index in [1.165, 1.54) is 0 Å². The molecular formula is C26H27N5O3. The van der Waals surface area contributed by atoms with Crippen LogP contribution in [0.1, 0.15) is 12.0 Å². The molecule has 0 radical (unpaired) electrons. The van der Waals surface area contributed by atoms with Gasteiger partial charge in [0, 0.05) is 24.8 Å². The molecule has 2 atom stereocenters. The Morgan fingerprint density at radius 3 is 1.97 bits per heavy atom. The van der Waals surface area contributed by atoms with Gasteiger partial charge in [-0.2, -0.15) is 5.01 Å². The Morgan fingerprint density at radius 2 is 1.38 bits per heavy atom. The van der Waals surface area contributed by atoms with Crippen LogP contribution in [0, 0.1) is 0 Å². The summed E-state index contributed by atoms with van der Waals surface area (Å²) in [6, 6.07) is 26.1. The van der Waals surface area contributed by atoms with Crippen LogP contribution in [-0.4, -0.2) is 47.1 Å². The third-order valence-electron chi connectivity index (χ3n) is 5.74. The Balaban J connectivity index is 1.51. The molecule has 3 aromatic carbocycles. The molecule has 0 aliphatic carbocycles. The van der Waals surface area contributed by atoms with Crippen molar-refractivity contribution in [3.63, 3.8) is 0 Å². The van der Waals surface area contributed by atoms with Crippen molar-refractivity contribution in [1.29, 1.82) is 0 Å². The van der Waals surface area contributed by atoms with Gasteiger partial charge in [0.25, 0.3) is 0 Å². The summed E-state index contributed by atoms with van der Waals surface area (Å²) >= 11 is 0. The lowest BCUT2D eigenvalue weighted by Crippen LogP contribution is -2.54. The van der Waals surface area contributed by atoms with Gasteiger partial charge in [0.15, 0.2) is 0 Å². The van der Waals surface area contributed by atoms with Crippen LogP contribution in [0.4, 0.5) is 21.0 Å². The molecule has 4 rings (SSSR count). The molecule has 174 valence electrons. The lowest BCUT2D eigenvalue weighted by atomic mass is 9.97. The number of anilines is 2. The number of carbonyl (C=O) groups is 3. The van der Waals surface area contributed by atoms with E-state index < -0.39 is 18.1 Å². The highest BCUT2D eigenvalue weighted by Gasteiger charge is 2.43. The van der Waals surface area contributed by atoms with E-state index >= 15 is 0 Å². The number of carbonyl (C=O) groups excluding carboxylic acids is 3. The van der Waals surface area contributed by atoms with Crippen molar-refractivity contribution in [2.75, 3.05) is 17.7 Å². The van der Waals surface area contributed by atoms with Crippen molar-refractivity contribution < 1.29 is 14.4 Å². The third-order valence-corrected chi connectivity index (χ3v) is 5.74. The number of para-hydroxylation sites is 2. The lowest BCUT2D eigenvalue weighted by Gasteiger charge is -2.32. The summed E-state index contributed by atoms with van der Waals surface area (Å²) in [6.45, 7) is 0. The minimum Gasteiger partial charge on any atom is -0.333 e. The number of hydrogen-bond acceptors (Lipinski definition) is 4. The molecule has 0 unspecified atom stereocenters. The maximum atomic E-state index is 12.9. The number of rotatable bonds is 6. The predicted molar refractivity (Wildman–Crippen MR) is 131 cm³/mol. The number of urea groups is 2. The van der Waals surface area contributed by atoms with Crippen LogP contribution >= 0.6 is 0 Å². The summed E-state index contributed by atoms with van der Waals surface area (Å²) < 4.78 is 0. The van der Waals surface area contributed by atoms with Crippen molar-refractivity contribution >= 4 is 29.3 Å². The maximum Gasteiger partial charge on any atom is 0.343 e. The van der Waals surface area contributed by atoms with Gasteiger partial charge in [0.2, 0.25) is 5.91 Å². The van der Waals surface area contributed by atoms with Gasteiger partial charge >= 0.3 is 12.1 Å². The number of imide groups is 1. The number of hydrazine groups is 1. The minimum absolute atomic E-state index is 0.0990. The molecular weight excluding hydrogens is 430 g/mol. The van der Waals surface area contributed by atoms with Crippen LogP contribution in [0.5, 0.6) is 0 Å². The van der Waals surface area contributed by atoms with Gasteiger partial charge < -0.3 is 16.0 Å². The van der Waals surface area contributed by atoms with E-state index in [4.69, 9.17) is 0 Å². The van der Waals surface area contributed by atoms with Gasteiger partial charge in [0.1, 0.15) is 0 Å². The van der Waals surface area contributed by atoms with Crippen LogP contribution in [0.15, 0.2) is 91.0 Å². The smallest absolute Gasteiger partial charge is 0.333 e. The van der Waals surface area contributed by atoms with Crippen molar-refractivity contribution in [3.05, 3.63) is 96.6 Å². The number of nitrogens with zero attached hydrogens (tertiary/aromatic N) is 2. The molecule has 0 spiro atoms. The standard InChI is InChI=1S/C26H27N5O3/c1-30-23(18-24(32)31(30)26(34)28-21-15-9-4-10-16-21)22(17-19-11-5-2-6-12-19)29-25(33)27-20-13-7-3-8-14-20/h2-16,22-23H,17-18H2,1H3,(H,28,34)(H2,27,29,33)/t22-,23+/m0/s1. The number of nitrogens with one attached hydrogen (secondary N) is 3. The van der Waals surface area contributed by atoms with E-state index in [0.717, 1.165) is 10.6 Å². The molecule has 8 nitrogen and oxygen atoms in total. The zero-order valence-corrected chi connectivity index (χ0v) is 18.8. The molecule has 3 N–H and O–H groups in total. The predicted octanol–water partition coefficient (Wildman–Crippen LogP) is 4.10. The topological polar surface area (TPSA) is 93.8 Å². The van der Waals surface area contributed by atoms with E-state index in [0.29, 0.717) is 17.8 Å². The largest absolute Gasteiger partial charge is 0.343 e. The Hall–Kier alpha value is -4.17. The number of benzene rings is 3. The average molecular weight is 458 g/mol. The second kappa shape index (κ2) is 10.6. The van der Waals surface area contributed by atoms with E-state index in [1.54, 1.807) is 48.5 Å². The van der Waals surface area contributed by atoms with Crippen LogP contribution in [0.25, 0.3) is 0 Å². The molecule has 1 fully saturated rings. The summed E-state index contributed by atoms with van der Waals surface area (Å²) in [5.41, 5.74) is 2.28. The Bertz CT molecular complexity index is 1120. The van der Waals surface area contributed by atoms with Crippen LogP contribution < -0.4 is 16.0 Å². The highest BCUT2D eigenvalue weighted by Crippen LogP contribution is 2.24. The average Bonchev–Trinajstić information content (AvgIpc) is 3.14. The number of amides is 5. The minimum atomic E-state index is -0.534. The first kappa shape index (κ1) is 23.0. The van der Waals surface area contributed by atoms with Crippen molar-refractivity contribution in [2.45, 2.75) is 24.9 Å². The van der Waals surface area contributed by atoms with Gasteiger partial charge in [-0.25, -0.2) is 14.6 Å². The highest BCUT2D eigenvalue weighted by atomic mass is 16.2. The maximum absolute atomic E-state index is 12.9. The lowest BCUT2D eigenvalue weighted by molar-refractivity contribution is -0.131. The molecule has 1 heterocycles. The molecule has 1 saturated heterocycles. The van der Waals surface area contributed by atoms with Crippen LogP contribution in [0.3, 0.4) is 0 Å². The molecule has 0 bridgehead atoms. The first-order valence-corrected chi connectivity index (χ1v) is 11.1. The molecule has 1 aliphatic rings. The van der Waals surface area contributed by atoms with E-state index in [1.807, 2.05) is 54.6 Å². The third kappa shape index (κ3) is 5.60. The zero-order valence-electron chi connectivity index (χ0n) is 18.8. The fourth-order valence-electron chi connectivity index (χ4n) is 4.09. The summed E-state index contributed by atoms with van der Waals surface area (Å²) in [5.74, 6) is -0.329.